The van der Waals surface area contributed by atoms with Crippen LogP contribution in [0.1, 0.15) is 19.4 Å². The van der Waals surface area contributed by atoms with Crippen LogP contribution in [0.25, 0.3) is 0 Å². The van der Waals surface area contributed by atoms with E-state index in [1.807, 2.05) is 0 Å². The van der Waals surface area contributed by atoms with E-state index in [1.165, 1.54) is 26.0 Å². The summed E-state index contributed by atoms with van der Waals surface area (Å²) in [5.41, 5.74) is 0.823. The number of sulfonamides is 1. The minimum atomic E-state index is -4.39. The average Bonchev–Trinajstić information content (AvgIpc) is 3.12. The highest BCUT2D eigenvalue weighted by Crippen LogP contribution is 2.46. The van der Waals surface area contributed by atoms with Crippen LogP contribution >= 0.6 is 0 Å². The van der Waals surface area contributed by atoms with Crippen LogP contribution in [0.3, 0.4) is 0 Å². The van der Waals surface area contributed by atoms with Gasteiger partial charge < -0.3 is 14.2 Å². The number of aryl methyl sites for hydroxylation is 1. The zero-order valence-electron chi connectivity index (χ0n) is 17.2. The quantitative estimate of drug-likeness (QED) is 0.553. The number of ether oxygens (including phenoxy) is 3. The molecule has 0 spiro atoms. The van der Waals surface area contributed by atoms with Gasteiger partial charge >= 0.3 is 20.6 Å². The summed E-state index contributed by atoms with van der Waals surface area (Å²) in [5.74, 6) is -3.07. The van der Waals surface area contributed by atoms with Gasteiger partial charge in [-0.05, 0) is 32.9 Å². The van der Waals surface area contributed by atoms with E-state index in [9.17, 15) is 21.0 Å². The largest absolute Gasteiger partial charge is 0.343 e. The fourth-order valence-corrected chi connectivity index (χ4v) is 7.00. The molecule has 16 heteroatoms. The van der Waals surface area contributed by atoms with Crippen LogP contribution in [-0.2, 0) is 57.4 Å². The molecule has 3 fully saturated rings. The lowest BCUT2D eigenvalue weighted by Gasteiger charge is -2.39. The van der Waals surface area contributed by atoms with E-state index in [0.29, 0.717) is 0 Å². The van der Waals surface area contributed by atoms with Gasteiger partial charge in [0.2, 0.25) is 5.79 Å². The number of rotatable bonds is 5. The molecule has 0 radical (unpaired) electrons. The predicted molar refractivity (Wildman–Crippen MR) is 106 cm³/mol. The predicted octanol–water partition coefficient (Wildman–Crippen LogP) is -0.136. The zero-order chi connectivity index (χ0) is 23.6. The summed E-state index contributed by atoms with van der Waals surface area (Å²) in [6.07, 6.45) is -3.40. The first kappa shape index (κ1) is 23.9. The molecule has 4 rings (SSSR count). The van der Waals surface area contributed by atoms with Crippen molar-refractivity contribution in [3.05, 3.63) is 29.8 Å². The molecule has 3 aliphatic rings. The van der Waals surface area contributed by atoms with Crippen LogP contribution in [0.15, 0.2) is 32.9 Å². The second-order valence-electron chi connectivity index (χ2n) is 7.90. The van der Waals surface area contributed by atoms with E-state index in [2.05, 4.69) is 7.95 Å². The van der Waals surface area contributed by atoms with E-state index in [1.54, 1.807) is 19.1 Å². The summed E-state index contributed by atoms with van der Waals surface area (Å²) in [6, 6.07) is 5.75. The standard InChI is InChI=1S/C16H22N2O11S3/c1-10-4-6-11(7-5-10)30(19,20)18-32(23)27-12-8-24-16(9-25-31(17,21)22)14(13(12)28-32)26-15(2,3)29-16/h4-7,12-14H,8-9H2,1-3H3,(H2,17,21,22)/t12-,13-,14+,16+,32-/m1/s1. The third-order valence-electron chi connectivity index (χ3n) is 4.83. The monoisotopic (exact) mass is 514 g/mol. The highest BCUT2D eigenvalue weighted by atomic mass is 32.3. The molecule has 180 valence electrons. The number of benzene rings is 1. The zero-order valence-corrected chi connectivity index (χ0v) is 19.6. The smallest absolute Gasteiger partial charge is 0.333 e. The maximum atomic E-state index is 13.1. The van der Waals surface area contributed by atoms with Crippen LogP contribution in [0.2, 0.25) is 0 Å². The summed E-state index contributed by atoms with van der Waals surface area (Å²) in [5, 5.41) is 4.90. The van der Waals surface area contributed by atoms with Gasteiger partial charge in [0.1, 0.15) is 24.9 Å². The van der Waals surface area contributed by atoms with E-state index in [-0.39, 0.29) is 11.5 Å². The van der Waals surface area contributed by atoms with Crippen LogP contribution < -0.4 is 5.14 Å². The molecule has 3 aliphatic heterocycles. The van der Waals surface area contributed by atoms with E-state index < -0.39 is 67.1 Å². The number of nitrogens with two attached hydrogens (primary N) is 1. The Morgan fingerprint density at radius 3 is 2.47 bits per heavy atom. The van der Waals surface area contributed by atoms with Crippen LogP contribution in [0.4, 0.5) is 0 Å². The highest BCUT2D eigenvalue weighted by molar-refractivity contribution is 7.99. The van der Waals surface area contributed by atoms with Crippen molar-refractivity contribution in [2.24, 2.45) is 8.91 Å². The molecule has 3 saturated heterocycles. The Labute approximate surface area is 186 Å². The molecule has 1 aromatic carbocycles. The first-order valence-electron chi connectivity index (χ1n) is 9.28. The minimum absolute atomic E-state index is 0.193. The van der Waals surface area contributed by atoms with Crippen molar-refractivity contribution in [1.82, 2.24) is 0 Å². The molecule has 0 amide bonds. The number of hydrogen-bond acceptors (Lipinski definition) is 11. The molecular formula is C16H22N2O11S3. The molecule has 0 unspecified atom stereocenters. The van der Waals surface area contributed by atoms with E-state index in [0.717, 1.165) is 5.56 Å². The topological polar surface area (TPSA) is 179 Å². The van der Waals surface area contributed by atoms with Crippen molar-refractivity contribution in [1.29, 1.82) is 0 Å². The second-order valence-corrected chi connectivity index (χ2v) is 12.4. The number of hydrogen-bond donors (Lipinski definition) is 1. The molecule has 1 aromatic rings. The van der Waals surface area contributed by atoms with Crippen molar-refractivity contribution in [2.45, 2.75) is 55.6 Å². The summed E-state index contributed by atoms with van der Waals surface area (Å²) < 4.78 is 96.8. The Morgan fingerprint density at radius 1 is 1.19 bits per heavy atom. The summed E-state index contributed by atoms with van der Waals surface area (Å²) in [6.45, 7) is 3.85. The van der Waals surface area contributed by atoms with Crippen molar-refractivity contribution in [3.63, 3.8) is 0 Å². The fourth-order valence-electron chi connectivity index (χ4n) is 3.58. The average molecular weight is 515 g/mol. The summed E-state index contributed by atoms with van der Waals surface area (Å²) in [4.78, 5) is -0.193. The van der Waals surface area contributed by atoms with Gasteiger partial charge in [0.15, 0.2) is 5.79 Å². The normalized spacial score (nSPS) is 36.4. The van der Waals surface area contributed by atoms with Crippen molar-refractivity contribution >= 4 is 30.6 Å². The Hall–Kier alpha value is -1.21. The Balaban J connectivity index is 1.65. The van der Waals surface area contributed by atoms with Crippen molar-refractivity contribution in [3.8, 4) is 0 Å². The van der Waals surface area contributed by atoms with Crippen LogP contribution in [0.5, 0.6) is 0 Å². The van der Waals surface area contributed by atoms with Gasteiger partial charge in [0.05, 0.1) is 11.5 Å². The van der Waals surface area contributed by atoms with Gasteiger partial charge in [-0.1, -0.05) is 21.5 Å². The molecule has 2 N–H and O–H groups in total. The molecule has 3 heterocycles. The molecule has 32 heavy (non-hydrogen) atoms. The highest BCUT2D eigenvalue weighted by Gasteiger charge is 2.66. The molecule has 0 aliphatic carbocycles. The van der Waals surface area contributed by atoms with Crippen molar-refractivity contribution in [2.75, 3.05) is 13.2 Å². The summed E-state index contributed by atoms with van der Waals surface area (Å²) in [7, 11) is -12.9. The van der Waals surface area contributed by atoms with Crippen LogP contribution in [0, 0.1) is 6.92 Å². The first-order chi connectivity index (χ1) is 14.6. The molecule has 0 bridgehead atoms. The maximum absolute atomic E-state index is 13.1. The molecule has 5 atom stereocenters. The fraction of sp³-hybridized carbons (Fsp3) is 0.625. The van der Waals surface area contributed by atoms with E-state index in [4.69, 9.17) is 27.7 Å². The van der Waals surface area contributed by atoms with Gasteiger partial charge in [-0.25, -0.2) is 5.14 Å². The lowest BCUT2D eigenvalue weighted by atomic mass is 9.98. The SMILES string of the molecule is Cc1ccc(S(=O)(=O)N=[S@]2(=O)O[C@@H]3[C@@H](CO[C@@]4(COS(N)(=O)=O)OC(C)(C)O[C@@H]34)O2)cc1. The molecular weight excluding hydrogens is 492 g/mol. The second kappa shape index (κ2) is 7.66. The number of nitrogens with zero attached hydrogens (tertiary/aromatic N) is 1. The third kappa shape index (κ3) is 4.70. The lowest BCUT2D eigenvalue weighted by molar-refractivity contribution is -0.290. The lowest BCUT2D eigenvalue weighted by Crippen LogP contribution is -2.60. The first-order valence-corrected chi connectivity index (χ1v) is 13.6. The minimum Gasteiger partial charge on any atom is -0.343 e. The maximum Gasteiger partial charge on any atom is 0.333 e. The van der Waals surface area contributed by atoms with Crippen LogP contribution in [-0.4, -0.2) is 64.1 Å². The van der Waals surface area contributed by atoms with E-state index >= 15 is 0 Å². The van der Waals surface area contributed by atoms with Crippen molar-refractivity contribution < 1.29 is 47.8 Å². The Morgan fingerprint density at radius 2 is 1.84 bits per heavy atom. The van der Waals surface area contributed by atoms with Gasteiger partial charge in [-0.2, -0.15) is 21.0 Å². The van der Waals surface area contributed by atoms with Gasteiger partial charge in [0.25, 0.3) is 10.0 Å². The van der Waals surface area contributed by atoms with Gasteiger partial charge in [0, 0.05) is 0 Å². The molecule has 0 saturated carbocycles. The third-order valence-corrected chi connectivity index (χ3v) is 8.62. The Bertz CT molecular complexity index is 1240. The number of fused-ring (bicyclic) bond motifs is 3. The summed E-state index contributed by atoms with van der Waals surface area (Å²) >= 11 is 0. The Kier molecular flexibility index (Phi) is 5.73. The van der Waals surface area contributed by atoms with Gasteiger partial charge in [-0.3, -0.25) is 12.5 Å². The van der Waals surface area contributed by atoms with Gasteiger partial charge in [-0.15, -0.1) is 0 Å². The molecule has 13 nitrogen and oxygen atoms in total. The molecule has 0 aromatic heterocycles.